The van der Waals surface area contributed by atoms with Gasteiger partial charge in [-0.3, -0.25) is 0 Å². The maximum atomic E-state index is 12.7. The van der Waals surface area contributed by atoms with E-state index in [0.29, 0.717) is 12.5 Å². The number of benzene rings is 1. The highest BCUT2D eigenvalue weighted by Gasteiger charge is 2.11. The Morgan fingerprint density at radius 1 is 1.19 bits per heavy atom. The fourth-order valence-electron chi connectivity index (χ4n) is 1.78. The summed E-state index contributed by atoms with van der Waals surface area (Å²) < 4.78 is 12.7. The van der Waals surface area contributed by atoms with Crippen LogP contribution in [0, 0.1) is 11.7 Å². The molecule has 0 bridgehead atoms. The Morgan fingerprint density at radius 2 is 1.75 bits per heavy atom. The normalized spacial score (nSPS) is 13.4. The van der Waals surface area contributed by atoms with Crippen LogP contribution in [-0.4, -0.2) is 30.1 Å². The van der Waals surface area contributed by atoms with Crippen LogP contribution in [0.25, 0.3) is 0 Å². The van der Waals surface area contributed by atoms with Gasteiger partial charge in [0, 0.05) is 13.1 Å². The van der Waals surface area contributed by atoms with Gasteiger partial charge in [-0.1, -0.05) is 26.0 Å². The molecule has 0 aromatic heterocycles. The van der Waals surface area contributed by atoms with E-state index in [1.54, 1.807) is 12.1 Å². The third-order valence-electron chi connectivity index (χ3n) is 2.42. The second-order valence-electron chi connectivity index (χ2n) is 4.68. The Bertz CT molecular complexity index is 310. The first-order valence-corrected chi connectivity index (χ1v) is 5.61. The minimum Gasteiger partial charge on any atom is -0.387 e. The Balaban J connectivity index is 2.51. The summed E-state index contributed by atoms with van der Waals surface area (Å²) in [6.07, 6.45) is -0.552. The largest absolute Gasteiger partial charge is 0.387 e. The van der Waals surface area contributed by atoms with E-state index >= 15 is 0 Å². The summed E-state index contributed by atoms with van der Waals surface area (Å²) in [6, 6.07) is 6.01. The van der Waals surface area contributed by atoms with Crippen molar-refractivity contribution in [1.82, 2.24) is 4.90 Å². The molecule has 90 valence electrons. The van der Waals surface area contributed by atoms with E-state index in [-0.39, 0.29) is 5.82 Å². The van der Waals surface area contributed by atoms with Crippen LogP contribution in [0.1, 0.15) is 25.5 Å². The van der Waals surface area contributed by atoms with Gasteiger partial charge in [-0.05, 0) is 30.7 Å². The molecule has 0 aliphatic carbocycles. The summed E-state index contributed by atoms with van der Waals surface area (Å²) in [5, 5.41) is 9.93. The van der Waals surface area contributed by atoms with E-state index in [2.05, 4.69) is 18.7 Å². The van der Waals surface area contributed by atoms with Gasteiger partial charge in [0.2, 0.25) is 0 Å². The number of nitrogens with zero attached hydrogens (tertiary/aromatic N) is 1. The van der Waals surface area contributed by atoms with E-state index in [9.17, 15) is 9.50 Å². The number of halogens is 1. The molecule has 1 rings (SSSR count). The number of hydrogen-bond donors (Lipinski definition) is 1. The summed E-state index contributed by atoms with van der Waals surface area (Å²) in [4.78, 5) is 2.08. The third-order valence-corrected chi connectivity index (χ3v) is 2.42. The molecule has 1 unspecified atom stereocenters. The first-order chi connectivity index (χ1) is 7.49. The number of likely N-dealkylation sites (N-methyl/N-ethyl adjacent to an activating group) is 1. The fourth-order valence-corrected chi connectivity index (χ4v) is 1.78. The van der Waals surface area contributed by atoms with Crippen molar-refractivity contribution < 1.29 is 9.50 Å². The second kappa shape index (κ2) is 5.97. The molecule has 1 aromatic rings. The minimum absolute atomic E-state index is 0.272. The smallest absolute Gasteiger partial charge is 0.123 e. The van der Waals surface area contributed by atoms with Crippen LogP contribution >= 0.6 is 0 Å². The van der Waals surface area contributed by atoms with Gasteiger partial charge in [0.1, 0.15) is 5.82 Å². The van der Waals surface area contributed by atoms with Crippen LogP contribution < -0.4 is 0 Å². The highest BCUT2D eigenvalue weighted by molar-refractivity contribution is 5.18. The lowest BCUT2D eigenvalue weighted by atomic mass is 10.1. The van der Waals surface area contributed by atoms with E-state index in [0.717, 1.165) is 12.1 Å². The van der Waals surface area contributed by atoms with E-state index in [1.807, 2.05) is 7.05 Å². The van der Waals surface area contributed by atoms with E-state index < -0.39 is 6.10 Å². The lowest BCUT2D eigenvalue weighted by molar-refractivity contribution is 0.121. The maximum Gasteiger partial charge on any atom is 0.123 e. The SMILES string of the molecule is CC(C)CN(C)CC(O)c1ccc(F)cc1. The number of rotatable bonds is 5. The van der Waals surface area contributed by atoms with Crippen molar-refractivity contribution in [2.75, 3.05) is 20.1 Å². The predicted molar refractivity (Wildman–Crippen MR) is 63.7 cm³/mol. The van der Waals surface area contributed by atoms with Crippen LogP contribution in [-0.2, 0) is 0 Å². The molecule has 3 heteroatoms. The van der Waals surface area contributed by atoms with Gasteiger partial charge < -0.3 is 10.0 Å². The van der Waals surface area contributed by atoms with Gasteiger partial charge >= 0.3 is 0 Å². The molecule has 0 heterocycles. The van der Waals surface area contributed by atoms with Gasteiger partial charge in [-0.25, -0.2) is 4.39 Å². The van der Waals surface area contributed by atoms with Gasteiger partial charge in [-0.15, -0.1) is 0 Å². The summed E-state index contributed by atoms with van der Waals surface area (Å²) in [5.74, 6) is 0.303. The molecule has 2 nitrogen and oxygen atoms in total. The molecule has 1 atom stereocenters. The summed E-state index contributed by atoms with van der Waals surface area (Å²) in [5.41, 5.74) is 0.761. The summed E-state index contributed by atoms with van der Waals surface area (Å²) in [7, 11) is 1.98. The monoisotopic (exact) mass is 225 g/mol. The van der Waals surface area contributed by atoms with Crippen molar-refractivity contribution >= 4 is 0 Å². The molecule has 0 aliphatic rings. The van der Waals surface area contributed by atoms with E-state index in [1.165, 1.54) is 12.1 Å². The Labute approximate surface area is 96.7 Å². The molecular weight excluding hydrogens is 205 g/mol. The summed E-state index contributed by atoms with van der Waals surface area (Å²) >= 11 is 0. The number of hydrogen-bond acceptors (Lipinski definition) is 2. The summed E-state index contributed by atoms with van der Waals surface area (Å²) in [6.45, 7) is 5.80. The van der Waals surface area contributed by atoms with Crippen LogP contribution in [0.15, 0.2) is 24.3 Å². The van der Waals surface area contributed by atoms with Crippen molar-refractivity contribution in [3.05, 3.63) is 35.6 Å². The van der Waals surface area contributed by atoms with Gasteiger partial charge in [-0.2, -0.15) is 0 Å². The molecule has 1 N–H and O–H groups in total. The minimum atomic E-state index is -0.552. The molecule has 0 aliphatic heterocycles. The molecule has 0 saturated carbocycles. The molecule has 0 amide bonds. The zero-order valence-electron chi connectivity index (χ0n) is 10.2. The second-order valence-corrected chi connectivity index (χ2v) is 4.68. The molecule has 0 spiro atoms. The Hall–Kier alpha value is -0.930. The standard InChI is InChI=1S/C13H20FNO/c1-10(2)8-15(3)9-13(16)11-4-6-12(14)7-5-11/h4-7,10,13,16H,8-9H2,1-3H3. The van der Waals surface area contributed by atoms with Gasteiger partial charge in [0.25, 0.3) is 0 Å². The first kappa shape index (κ1) is 13.1. The van der Waals surface area contributed by atoms with Crippen molar-refractivity contribution in [2.45, 2.75) is 20.0 Å². The van der Waals surface area contributed by atoms with Crippen LogP contribution in [0.2, 0.25) is 0 Å². The van der Waals surface area contributed by atoms with Crippen LogP contribution in [0.4, 0.5) is 4.39 Å². The third kappa shape index (κ3) is 4.29. The predicted octanol–water partition coefficient (Wildman–Crippen LogP) is 2.45. The molecule has 1 aromatic carbocycles. The van der Waals surface area contributed by atoms with Gasteiger partial charge in [0.15, 0.2) is 0 Å². The van der Waals surface area contributed by atoms with Crippen LogP contribution in [0.3, 0.4) is 0 Å². The zero-order chi connectivity index (χ0) is 12.1. The fraction of sp³-hybridized carbons (Fsp3) is 0.538. The average Bonchev–Trinajstić information content (AvgIpc) is 2.16. The molecule has 0 fully saturated rings. The van der Waals surface area contributed by atoms with Crippen LogP contribution in [0.5, 0.6) is 0 Å². The van der Waals surface area contributed by atoms with Gasteiger partial charge in [0.05, 0.1) is 6.10 Å². The Morgan fingerprint density at radius 3 is 2.25 bits per heavy atom. The van der Waals surface area contributed by atoms with Crippen molar-refractivity contribution in [3.63, 3.8) is 0 Å². The van der Waals surface area contributed by atoms with Crippen molar-refractivity contribution in [2.24, 2.45) is 5.92 Å². The molecule has 16 heavy (non-hydrogen) atoms. The maximum absolute atomic E-state index is 12.7. The Kier molecular flexibility index (Phi) is 4.90. The van der Waals surface area contributed by atoms with Crippen molar-refractivity contribution in [3.8, 4) is 0 Å². The highest BCUT2D eigenvalue weighted by atomic mass is 19.1. The zero-order valence-corrected chi connectivity index (χ0v) is 10.2. The first-order valence-electron chi connectivity index (χ1n) is 5.61. The highest BCUT2D eigenvalue weighted by Crippen LogP contribution is 2.14. The topological polar surface area (TPSA) is 23.5 Å². The van der Waals surface area contributed by atoms with E-state index in [4.69, 9.17) is 0 Å². The lowest BCUT2D eigenvalue weighted by Crippen LogP contribution is -2.28. The number of aliphatic hydroxyl groups is 1. The molecular formula is C13H20FNO. The molecule has 0 saturated heterocycles. The molecule has 0 radical (unpaired) electrons. The quantitative estimate of drug-likeness (QED) is 0.832. The van der Waals surface area contributed by atoms with Crippen molar-refractivity contribution in [1.29, 1.82) is 0 Å². The number of aliphatic hydroxyl groups excluding tert-OH is 1. The average molecular weight is 225 g/mol. The lowest BCUT2D eigenvalue weighted by Gasteiger charge is -2.22.